The minimum atomic E-state index is 0.755. The van der Waals surface area contributed by atoms with Crippen molar-refractivity contribution in [1.82, 2.24) is 15.1 Å². The first-order valence-corrected chi connectivity index (χ1v) is 8.29. The molecule has 2 heterocycles. The second-order valence-electron chi connectivity index (χ2n) is 5.82. The van der Waals surface area contributed by atoms with Gasteiger partial charge in [-0.15, -0.1) is 0 Å². The van der Waals surface area contributed by atoms with Crippen LogP contribution in [0.5, 0.6) is 0 Å². The van der Waals surface area contributed by atoms with Gasteiger partial charge < -0.3 is 5.32 Å². The highest BCUT2D eigenvalue weighted by Crippen LogP contribution is 2.32. The van der Waals surface area contributed by atoms with Gasteiger partial charge in [0.2, 0.25) is 0 Å². The van der Waals surface area contributed by atoms with Crippen LogP contribution in [-0.2, 0) is 19.5 Å². The van der Waals surface area contributed by atoms with Crippen molar-refractivity contribution < 1.29 is 0 Å². The number of nitrogens with one attached hydrogen (secondary N) is 1. The second-order valence-corrected chi connectivity index (χ2v) is 6.23. The summed E-state index contributed by atoms with van der Waals surface area (Å²) in [6.07, 6.45) is 1.000. The molecule has 0 atom stereocenters. The van der Waals surface area contributed by atoms with Crippen LogP contribution in [0.25, 0.3) is 11.3 Å². The molecule has 1 aliphatic heterocycles. The Hall–Kier alpha value is -2.10. The van der Waals surface area contributed by atoms with Crippen molar-refractivity contribution in [3.8, 4) is 11.3 Å². The predicted molar refractivity (Wildman–Crippen MR) is 93.6 cm³/mol. The van der Waals surface area contributed by atoms with Crippen molar-refractivity contribution >= 4 is 11.6 Å². The lowest BCUT2D eigenvalue weighted by atomic mass is 10.0. The Morgan fingerprint density at radius 3 is 2.65 bits per heavy atom. The van der Waals surface area contributed by atoms with Gasteiger partial charge in [-0.05, 0) is 11.6 Å². The summed E-state index contributed by atoms with van der Waals surface area (Å²) in [5, 5.41) is 9.12. The Labute approximate surface area is 140 Å². The Balaban J connectivity index is 1.80. The number of hydrogen-bond acceptors (Lipinski definition) is 2. The van der Waals surface area contributed by atoms with Crippen molar-refractivity contribution in [3.63, 3.8) is 0 Å². The maximum absolute atomic E-state index is 6.40. The number of fused-ring (bicyclic) bond motifs is 1. The van der Waals surface area contributed by atoms with Gasteiger partial charge >= 0.3 is 0 Å². The lowest BCUT2D eigenvalue weighted by molar-refractivity contribution is 0.582. The van der Waals surface area contributed by atoms with Crippen molar-refractivity contribution in [3.05, 3.63) is 76.4 Å². The third-order valence-electron chi connectivity index (χ3n) is 4.31. The number of aromatic nitrogens is 2. The highest BCUT2D eigenvalue weighted by atomic mass is 35.5. The van der Waals surface area contributed by atoms with E-state index in [2.05, 4.69) is 34.3 Å². The molecule has 0 unspecified atom stereocenters. The fourth-order valence-corrected chi connectivity index (χ4v) is 3.40. The van der Waals surface area contributed by atoms with E-state index in [1.807, 2.05) is 30.3 Å². The summed E-state index contributed by atoms with van der Waals surface area (Å²) in [5.41, 5.74) is 5.89. The van der Waals surface area contributed by atoms with Gasteiger partial charge in [0.05, 0.1) is 17.3 Å². The summed E-state index contributed by atoms with van der Waals surface area (Å²) < 4.78 is 2.14. The molecule has 0 spiro atoms. The summed E-state index contributed by atoms with van der Waals surface area (Å²) in [4.78, 5) is 0. The van der Waals surface area contributed by atoms with Gasteiger partial charge in [-0.1, -0.05) is 60.1 Å². The zero-order chi connectivity index (χ0) is 15.6. The third-order valence-corrected chi connectivity index (χ3v) is 4.64. The number of hydrogen-bond donors (Lipinski definition) is 1. The summed E-state index contributed by atoms with van der Waals surface area (Å²) in [6, 6.07) is 18.4. The first-order chi connectivity index (χ1) is 11.3. The van der Waals surface area contributed by atoms with Gasteiger partial charge in [0, 0.05) is 36.3 Å². The molecule has 1 aliphatic rings. The van der Waals surface area contributed by atoms with E-state index in [-0.39, 0.29) is 0 Å². The molecule has 116 valence electrons. The lowest BCUT2D eigenvalue weighted by Gasteiger charge is -2.16. The Kier molecular flexibility index (Phi) is 3.90. The molecule has 4 heteroatoms. The van der Waals surface area contributed by atoms with Gasteiger partial charge in [-0.25, -0.2) is 0 Å². The second kappa shape index (κ2) is 6.19. The van der Waals surface area contributed by atoms with Crippen LogP contribution in [0.3, 0.4) is 0 Å². The maximum atomic E-state index is 6.40. The van der Waals surface area contributed by atoms with Crippen LogP contribution in [0.2, 0.25) is 5.02 Å². The SMILES string of the molecule is Clc1ccccc1-c1nn(Cc2ccccc2)c2c1CNCC2. The first kappa shape index (κ1) is 14.5. The Morgan fingerprint density at radius 2 is 1.83 bits per heavy atom. The molecular formula is C19H18ClN3. The summed E-state index contributed by atoms with van der Waals surface area (Å²) in [5.74, 6) is 0. The topological polar surface area (TPSA) is 29.9 Å². The standard InChI is InChI=1S/C19H18ClN3/c20-17-9-5-4-8-15(17)19-16-12-21-11-10-18(16)23(22-19)13-14-6-2-1-3-7-14/h1-9,21H,10-13H2. The largest absolute Gasteiger partial charge is 0.312 e. The summed E-state index contributed by atoms with van der Waals surface area (Å²) in [6.45, 7) is 2.65. The highest BCUT2D eigenvalue weighted by molar-refractivity contribution is 6.33. The van der Waals surface area contributed by atoms with Crippen LogP contribution < -0.4 is 5.32 Å². The van der Waals surface area contributed by atoms with E-state index in [0.29, 0.717) is 0 Å². The van der Waals surface area contributed by atoms with Gasteiger partial charge in [0.25, 0.3) is 0 Å². The van der Waals surface area contributed by atoms with E-state index >= 15 is 0 Å². The third kappa shape index (κ3) is 2.78. The molecule has 0 saturated heterocycles. The van der Waals surface area contributed by atoms with E-state index in [1.54, 1.807) is 0 Å². The minimum Gasteiger partial charge on any atom is -0.312 e. The molecule has 2 aromatic carbocycles. The van der Waals surface area contributed by atoms with Gasteiger partial charge in [-0.3, -0.25) is 4.68 Å². The smallest absolute Gasteiger partial charge is 0.0986 e. The van der Waals surface area contributed by atoms with E-state index in [9.17, 15) is 0 Å². The molecule has 1 aromatic heterocycles. The van der Waals surface area contributed by atoms with Gasteiger partial charge in [0.1, 0.15) is 0 Å². The molecule has 23 heavy (non-hydrogen) atoms. The average molecular weight is 324 g/mol. The van der Waals surface area contributed by atoms with Crippen molar-refractivity contribution in [2.45, 2.75) is 19.5 Å². The van der Waals surface area contributed by atoms with Crippen LogP contribution >= 0.6 is 11.6 Å². The fraction of sp³-hybridized carbons (Fsp3) is 0.211. The predicted octanol–water partition coefficient (Wildman–Crippen LogP) is 3.90. The normalized spacial score (nSPS) is 13.8. The van der Waals surface area contributed by atoms with E-state index in [1.165, 1.54) is 16.8 Å². The molecule has 1 N–H and O–H groups in total. The molecule has 0 bridgehead atoms. The van der Waals surface area contributed by atoms with Crippen LogP contribution in [0, 0.1) is 0 Å². The molecule has 0 amide bonds. The number of halogens is 1. The fourth-order valence-electron chi connectivity index (χ4n) is 3.18. The molecule has 0 saturated carbocycles. The number of nitrogens with zero attached hydrogens (tertiary/aromatic N) is 2. The van der Waals surface area contributed by atoms with Gasteiger partial charge in [-0.2, -0.15) is 5.10 Å². The molecule has 0 radical (unpaired) electrons. The molecule has 0 fully saturated rings. The molecular weight excluding hydrogens is 306 g/mol. The van der Waals surface area contributed by atoms with Crippen molar-refractivity contribution in [2.75, 3.05) is 6.54 Å². The van der Waals surface area contributed by atoms with E-state index in [0.717, 1.165) is 42.3 Å². The first-order valence-electron chi connectivity index (χ1n) is 7.91. The minimum absolute atomic E-state index is 0.755. The maximum Gasteiger partial charge on any atom is 0.0986 e. The molecule has 0 aliphatic carbocycles. The van der Waals surface area contributed by atoms with Gasteiger partial charge in [0.15, 0.2) is 0 Å². The van der Waals surface area contributed by atoms with Crippen molar-refractivity contribution in [2.24, 2.45) is 0 Å². The quantitative estimate of drug-likeness (QED) is 0.792. The summed E-state index contributed by atoms with van der Waals surface area (Å²) in [7, 11) is 0. The zero-order valence-corrected chi connectivity index (χ0v) is 13.6. The lowest BCUT2D eigenvalue weighted by Crippen LogP contribution is -2.25. The van der Waals surface area contributed by atoms with Crippen LogP contribution in [-0.4, -0.2) is 16.3 Å². The van der Waals surface area contributed by atoms with E-state index in [4.69, 9.17) is 16.7 Å². The van der Waals surface area contributed by atoms with Crippen LogP contribution in [0.1, 0.15) is 16.8 Å². The Morgan fingerprint density at radius 1 is 1.04 bits per heavy atom. The zero-order valence-electron chi connectivity index (χ0n) is 12.8. The number of rotatable bonds is 3. The average Bonchev–Trinajstić information content (AvgIpc) is 2.95. The molecule has 3 aromatic rings. The van der Waals surface area contributed by atoms with Crippen LogP contribution in [0.15, 0.2) is 54.6 Å². The molecule has 3 nitrogen and oxygen atoms in total. The summed E-state index contributed by atoms with van der Waals surface area (Å²) >= 11 is 6.40. The van der Waals surface area contributed by atoms with E-state index < -0.39 is 0 Å². The monoisotopic (exact) mass is 323 g/mol. The Bertz CT molecular complexity index is 824. The highest BCUT2D eigenvalue weighted by Gasteiger charge is 2.22. The van der Waals surface area contributed by atoms with Crippen LogP contribution in [0.4, 0.5) is 0 Å². The number of benzene rings is 2. The van der Waals surface area contributed by atoms with Crippen molar-refractivity contribution in [1.29, 1.82) is 0 Å². The molecule has 4 rings (SSSR count).